The van der Waals surface area contributed by atoms with Gasteiger partial charge in [0.05, 0.1) is 10.6 Å². The van der Waals surface area contributed by atoms with Gasteiger partial charge in [0, 0.05) is 25.4 Å². The third-order valence-corrected chi connectivity index (χ3v) is 2.91. The molecule has 0 saturated heterocycles. The van der Waals surface area contributed by atoms with Crippen molar-refractivity contribution in [2.24, 2.45) is 5.73 Å². The Balaban J connectivity index is 2.47. The average molecular weight is 287 g/mol. The quantitative estimate of drug-likeness (QED) is 0.569. The molecular formula is C13H19ClN2OS. The fourth-order valence-electron chi connectivity index (χ4n) is 1.57. The van der Waals surface area contributed by atoms with Crippen molar-refractivity contribution in [3.05, 3.63) is 28.8 Å². The highest BCUT2D eigenvalue weighted by Gasteiger charge is 2.08. The van der Waals surface area contributed by atoms with Gasteiger partial charge in [-0.1, -0.05) is 36.8 Å². The first kappa shape index (κ1) is 15.2. The van der Waals surface area contributed by atoms with Crippen LogP contribution in [0.15, 0.2) is 18.2 Å². The largest absolute Gasteiger partial charge is 0.389 e. The topological polar surface area (TPSA) is 47.3 Å². The Bertz CT molecular complexity index is 399. The van der Waals surface area contributed by atoms with Crippen molar-refractivity contribution in [1.29, 1.82) is 0 Å². The monoisotopic (exact) mass is 286 g/mol. The molecule has 0 aliphatic rings. The zero-order valence-electron chi connectivity index (χ0n) is 10.5. The van der Waals surface area contributed by atoms with Gasteiger partial charge in [-0.25, -0.2) is 0 Å². The summed E-state index contributed by atoms with van der Waals surface area (Å²) in [5.41, 5.74) is 7.26. The van der Waals surface area contributed by atoms with Crippen molar-refractivity contribution < 1.29 is 4.74 Å². The number of anilines is 1. The summed E-state index contributed by atoms with van der Waals surface area (Å²) in [6.45, 7) is 4.47. The molecule has 5 heteroatoms. The van der Waals surface area contributed by atoms with Gasteiger partial charge in [0.25, 0.3) is 0 Å². The van der Waals surface area contributed by atoms with Gasteiger partial charge >= 0.3 is 0 Å². The van der Waals surface area contributed by atoms with Crippen LogP contribution in [-0.4, -0.2) is 24.7 Å². The Morgan fingerprint density at radius 2 is 2.22 bits per heavy atom. The van der Waals surface area contributed by atoms with Gasteiger partial charge in [0.2, 0.25) is 0 Å². The summed E-state index contributed by atoms with van der Waals surface area (Å²) in [4.78, 5) is 0.310. The molecule has 0 radical (unpaired) electrons. The second kappa shape index (κ2) is 8.29. The van der Waals surface area contributed by atoms with Crippen molar-refractivity contribution >= 4 is 34.5 Å². The number of benzene rings is 1. The highest BCUT2D eigenvalue weighted by molar-refractivity contribution is 7.80. The lowest BCUT2D eigenvalue weighted by Crippen LogP contribution is -2.15. The Hall–Kier alpha value is -0.840. The zero-order chi connectivity index (χ0) is 13.4. The standard InChI is InChI=1S/C13H19ClN2OS/c1-2-8-17-9-4-7-16-11-6-3-5-10(14)12(11)13(15)18/h3,5-6,16H,2,4,7-9H2,1H3,(H2,15,18). The number of ether oxygens (including phenoxy) is 1. The van der Waals surface area contributed by atoms with Gasteiger partial charge in [0.15, 0.2) is 0 Å². The molecule has 1 aromatic rings. The van der Waals surface area contributed by atoms with Crippen LogP contribution in [0.4, 0.5) is 5.69 Å². The first-order valence-corrected chi connectivity index (χ1v) is 6.85. The van der Waals surface area contributed by atoms with Crippen LogP contribution < -0.4 is 11.1 Å². The molecule has 0 aromatic heterocycles. The van der Waals surface area contributed by atoms with Crippen LogP contribution in [0.5, 0.6) is 0 Å². The van der Waals surface area contributed by atoms with Crippen LogP contribution in [0.25, 0.3) is 0 Å². The SMILES string of the molecule is CCCOCCCNc1cccc(Cl)c1C(N)=S. The van der Waals surface area contributed by atoms with Crippen molar-refractivity contribution in [2.45, 2.75) is 19.8 Å². The van der Waals surface area contributed by atoms with E-state index in [4.69, 9.17) is 34.3 Å². The average Bonchev–Trinajstić information content (AvgIpc) is 2.33. The molecule has 18 heavy (non-hydrogen) atoms. The van der Waals surface area contributed by atoms with E-state index in [-0.39, 0.29) is 0 Å². The lowest BCUT2D eigenvalue weighted by Gasteiger charge is -2.12. The minimum Gasteiger partial charge on any atom is -0.389 e. The third-order valence-electron chi connectivity index (χ3n) is 2.39. The van der Waals surface area contributed by atoms with Gasteiger partial charge < -0.3 is 15.8 Å². The number of hydrogen-bond acceptors (Lipinski definition) is 3. The number of rotatable bonds is 8. The minimum atomic E-state index is 0.310. The molecule has 1 rings (SSSR count). The van der Waals surface area contributed by atoms with Gasteiger partial charge in [-0.2, -0.15) is 0 Å². The van der Waals surface area contributed by atoms with Crippen LogP contribution >= 0.6 is 23.8 Å². The Labute approximate surface area is 119 Å². The molecule has 0 aliphatic heterocycles. The summed E-state index contributed by atoms with van der Waals surface area (Å²) in [6, 6.07) is 5.58. The highest BCUT2D eigenvalue weighted by atomic mass is 35.5. The van der Waals surface area contributed by atoms with E-state index < -0.39 is 0 Å². The predicted molar refractivity (Wildman–Crippen MR) is 81.6 cm³/mol. The Morgan fingerprint density at radius 1 is 1.44 bits per heavy atom. The Morgan fingerprint density at radius 3 is 2.89 bits per heavy atom. The maximum absolute atomic E-state index is 6.07. The molecule has 0 aliphatic carbocycles. The lowest BCUT2D eigenvalue weighted by molar-refractivity contribution is 0.134. The van der Waals surface area contributed by atoms with E-state index in [1.54, 1.807) is 6.07 Å². The molecule has 0 amide bonds. The van der Waals surface area contributed by atoms with E-state index in [0.717, 1.165) is 38.3 Å². The zero-order valence-corrected chi connectivity index (χ0v) is 12.1. The molecule has 0 spiro atoms. The molecule has 100 valence electrons. The van der Waals surface area contributed by atoms with E-state index in [2.05, 4.69) is 12.2 Å². The molecule has 0 fully saturated rings. The van der Waals surface area contributed by atoms with E-state index in [9.17, 15) is 0 Å². The molecule has 0 saturated carbocycles. The molecule has 0 unspecified atom stereocenters. The summed E-state index contributed by atoms with van der Waals surface area (Å²) in [6.07, 6.45) is 1.98. The smallest absolute Gasteiger partial charge is 0.107 e. The van der Waals surface area contributed by atoms with E-state index in [1.807, 2.05) is 12.1 Å². The first-order valence-electron chi connectivity index (χ1n) is 6.06. The molecule has 0 bridgehead atoms. The molecule has 0 heterocycles. The van der Waals surface area contributed by atoms with Crippen LogP contribution in [0, 0.1) is 0 Å². The molecular weight excluding hydrogens is 268 g/mol. The molecule has 0 atom stereocenters. The van der Waals surface area contributed by atoms with Crippen molar-refractivity contribution in [2.75, 3.05) is 25.1 Å². The van der Waals surface area contributed by atoms with Crippen molar-refractivity contribution in [1.82, 2.24) is 0 Å². The van der Waals surface area contributed by atoms with E-state index in [0.29, 0.717) is 15.6 Å². The highest BCUT2D eigenvalue weighted by Crippen LogP contribution is 2.24. The summed E-state index contributed by atoms with van der Waals surface area (Å²) >= 11 is 11.1. The van der Waals surface area contributed by atoms with E-state index in [1.165, 1.54) is 0 Å². The van der Waals surface area contributed by atoms with Crippen LogP contribution in [0.2, 0.25) is 5.02 Å². The normalized spacial score (nSPS) is 10.3. The van der Waals surface area contributed by atoms with E-state index >= 15 is 0 Å². The second-order valence-corrected chi connectivity index (χ2v) is 4.77. The third kappa shape index (κ3) is 4.80. The van der Waals surface area contributed by atoms with Gasteiger partial charge in [-0.05, 0) is 25.0 Å². The first-order chi connectivity index (χ1) is 8.66. The molecule has 3 nitrogen and oxygen atoms in total. The maximum Gasteiger partial charge on any atom is 0.107 e. The van der Waals surface area contributed by atoms with Crippen molar-refractivity contribution in [3.8, 4) is 0 Å². The minimum absolute atomic E-state index is 0.310. The summed E-state index contributed by atoms with van der Waals surface area (Å²) in [5.74, 6) is 0. The van der Waals surface area contributed by atoms with Gasteiger partial charge in [-0.15, -0.1) is 0 Å². The van der Waals surface area contributed by atoms with Gasteiger partial charge in [-0.3, -0.25) is 0 Å². The Kier molecular flexibility index (Phi) is 7.01. The number of hydrogen-bond donors (Lipinski definition) is 2. The van der Waals surface area contributed by atoms with Crippen molar-refractivity contribution in [3.63, 3.8) is 0 Å². The fraction of sp³-hybridized carbons (Fsp3) is 0.462. The number of nitrogens with two attached hydrogens (primary N) is 1. The maximum atomic E-state index is 6.07. The predicted octanol–water partition coefficient (Wildman–Crippen LogP) is 3.20. The molecule has 3 N–H and O–H groups in total. The summed E-state index contributed by atoms with van der Waals surface area (Å²) in [5, 5.41) is 3.86. The fourth-order valence-corrected chi connectivity index (χ4v) is 2.12. The number of halogens is 1. The molecule has 1 aromatic carbocycles. The van der Waals surface area contributed by atoms with Gasteiger partial charge in [0.1, 0.15) is 4.99 Å². The van der Waals surface area contributed by atoms with Crippen LogP contribution in [0.1, 0.15) is 25.3 Å². The van der Waals surface area contributed by atoms with Crippen LogP contribution in [-0.2, 0) is 4.74 Å². The number of nitrogens with one attached hydrogen (secondary N) is 1. The second-order valence-electron chi connectivity index (χ2n) is 3.92. The summed E-state index contributed by atoms with van der Waals surface area (Å²) in [7, 11) is 0. The van der Waals surface area contributed by atoms with Crippen LogP contribution in [0.3, 0.4) is 0 Å². The lowest BCUT2D eigenvalue weighted by atomic mass is 10.1. The number of thiocarbonyl (C=S) groups is 1. The summed E-state index contributed by atoms with van der Waals surface area (Å²) < 4.78 is 5.41.